The number of anilines is 1. The van der Waals surface area contributed by atoms with Gasteiger partial charge in [0.05, 0.1) is 33.4 Å². The quantitative estimate of drug-likeness (QED) is 0.628. The molecule has 7 nitrogen and oxygen atoms in total. The Morgan fingerprint density at radius 2 is 1.68 bits per heavy atom. The maximum atomic E-state index is 12.8. The second kappa shape index (κ2) is 9.49. The van der Waals surface area contributed by atoms with E-state index in [2.05, 4.69) is 5.32 Å². The summed E-state index contributed by atoms with van der Waals surface area (Å²) in [6, 6.07) is 9.19. The molecule has 0 bridgehead atoms. The minimum atomic E-state index is -0.482. The van der Waals surface area contributed by atoms with Crippen LogP contribution in [0, 0.1) is 0 Å². The highest BCUT2D eigenvalue weighted by atomic mass is 35.5. The fraction of sp³-hybridized carbons (Fsp3) is 0.273. The van der Waals surface area contributed by atoms with Gasteiger partial charge in [0.2, 0.25) is 5.91 Å². The summed E-state index contributed by atoms with van der Waals surface area (Å²) < 4.78 is 0. The van der Waals surface area contributed by atoms with E-state index in [1.807, 2.05) is 6.92 Å². The molecule has 1 aliphatic heterocycles. The maximum absolute atomic E-state index is 12.8. The molecule has 0 saturated heterocycles. The van der Waals surface area contributed by atoms with Crippen molar-refractivity contribution in [3.05, 3.63) is 63.1 Å². The van der Waals surface area contributed by atoms with Crippen molar-refractivity contribution in [3.8, 4) is 0 Å². The van der Waals surface area contributed by atoms with E-state index in [1.54, 1.807) is 18.2 Å². The molecule has 1 heterocycles. The predicted molar refractivity (Wildman–Crippen MR) is 119 cm³/mol. The normalized spacial score (nSPS) is 12.7. The first-order valence-corrected chi connectivity index (χ1v) is 10.5. The van der Waals surface area contributed by atoms with Crippen LogP contribution in [0.5, 0.6) is 0 Å². The SMILES string of the molecule is CCCCN1C(=O)c2ccc(C(=O)N(C)CC(=O)Nc3c(Cl)cccc3Cl)cc2C1=O. The van der Waals surface area contributed by atoms with Gasteiger partial charge in [-0.25, -0.2) is 0 Å². The van der Waals surface area contributed by atoms with Crippen molar-refractivity contribution in [2.45, 2.75) is 19.8 Å². The first-order chi connectivity index (χ1) is 14.7. The van der Waals surface area contributed by atoms with Crippen molar-refractivity contribution in [3.63, 3.8) is 0 Å². The smallest absolute Gasteiger partial charge is 0.261 e. The first kappa shape index (κ1) is 22.8. The fourth-order valence-corrected chi connectivity index (χ4v) is 3.74. The van der Waals surface area contributed by atoms with Crippen LogP contribution in [0.3, 0.4) is 0 Å². The molecule has 0 aliphatic carbocycles. The minimum absolute atomic E-state index is 0.202. The summed E-state index contributed by atoms with van der Waals surface area (Å²) in [5.41, 5.74) is 0.966. The van der Waals surface area contributed by atoms with Crippen LogP contribution in [0.4, 0.5) is 5.69 Å². The number of halogens is 2. The van der Waals surface area contributed by atoms with Gasteiger partial charge in [-0.2, -0.15) is 0 Å². The number of carbonyl (C=O) groups is 4. The number of unbranched alkanes of at least 4 members (excludes halogenated alkanes) is 1. The third-order valence-corrected chi connectivity index (χ3v) is 5.54. The molecule has 162 valence electrons. The molecule has 0 fully saturated rings. The maximum Gasteiger partial charge on any atom is 0.261 e. The monoisotopic (exact) mass is 461 g/mol. The summed E-state index contributed by atoms with van der Waals surface area (Å²) in [5, 5.41) is 3.16. The Bertz CT molecular complexity index is 1050. The van der Waals surface area contributed by atoms with E-state index in [4.69, 9.17) is 23.2 Å². The van der Waals surface area contributed by atoms with Crippen LogP contribution in [0.2, 0.25) is 10.0 Å². The van der Waals surface area contributed by atoms with Gasteiger partial charge in [0, 0.05) is 19.2 Å². The average Bonchev–Trinajstić information content (AvgIpc) is 2.98. The van der Waals surface area contributed by atoms with Gasteiger partial charge in [0.1, 0.15) is 0 Å². The van der Waals surface area contributed by atoms with Crippen LogP contribution >= 0.6 is 23.2 Å². The van der Waals surface area contributed by atoms with Crippen molar-refractivity contribution in [2.75, 3.05) is 25.5 Å². The number of benzene rings is 2. The van der Waals surface area contributed by atoms with Crippen LogP contribution < -0.4 is 5.32 Å². The van der Waals surface area contributed by atoms with Gasteiger partial charge >= 0.3 is 0 Å². The van der Waals surface area contributed by atoms with Crippen molar-refractivity contribution in [1.82, 2.24) is 9.80 Å². The number of hydrogen-bond donors (Lipinski definition) is 1. The van der Waals surface area contributed by atoms with Crippen molar-refractivity contribution in [1.29, 1.82) is 0 Å². The summed E-state index contributed by atoms with van der Waals surface area (Å²) in [5.74, 6) is -1.70. The Morgan fingerprint density at radius 3 is 2.32 bits per heavy atom. The molecule has 0 saturated carbocycles. The van der Waals surface area contributed by atoms with E-state index in [1.165, 1.54) is 35.0 Å². The topological polar surface area (TPSA) is 86.8 Å². The van der Waals surface area contributed by atoms with Gasteiger partial charge in [-0.15, -0.1) is 0 Å². The number of nitrogens with one attached hydrogen (secondary N) is 1. The van der Waals surface area contributed by atoms with E-state index >= 15 is 0 Å². The Balaban J connectivity index is 1.71. The summed E-state index contributed by atoms with van der Waals surface area (Å²) >= 11 is 12.1. The Kier molecular flexibility index (Phi) is 6.97. The molecular formula is C22H21Cl2N3O4. The Hall–Kier alpha value is -2.90. The van der Waals surface area contributed by atoms with E-state index < -0.39 is 17.7 Å². The largest absolute Gasteiger partial charge is 0.332 e. The number of fused-ring (bicyclic) bond motifs is 1. The van der Waals surface area contributed by atoms with Crippen LogP contribution in [0.25, 0.3) is 0 Å². The van der Waals surface area contributed by atoms with Gasteiger partial charge in [-0.1, -0.05) is 42.6 Å². The molecule has 4 amide bonds. The zero-order chi connectivity index (χ0) is 22.7. The van der Waals surface area contributed by atoms with Crippen molar-refractivity contribution in [2.24, 2.45) is 0 Å². The molecule has 1 N–H and O–H groups in total. The minimum Gasteiger partial charge on any atom is -0.332 e. The molecule has 0 radical (unpaired) electrons. The average molecular weight is 462 g/mol. The van der Waals surface area contributed by atoms with Crippen molar-refractivity contribution < 1.29 is 19.2 Å². The number of nitrogens with zero attached hydrogens (tertiary/aromatic N) is 2. The summed E-state index contributed by atoms with van der Waals surface area (Å²) in [7, 11) is 1.46. The second-order valence-corrected chi connectivity index (χ2v) is 8.00. The first-order valence-electron chi connectivity index (χ1n) is 9.74. The summed E-state index contributed by atoms with van der Waals surface area (Å²) in [6.07, 6.45) is 1.56. The van der Waals surface area contributed by atoms with Gasteiger partial charge in [-0.05, 0) is 36.8 Å². The lowest BCUT2D eigenvalue weighted by atomic mass is 10.0. The zero-order valence-corrected chi connectivity index (χ0v) is 18.6. The second-order valence-electron chi connectivity index (χ2n) is 7.18. The molecule has 9 heteroatoms. The van der Waals surface area contributed by atoms with Crippen LogP contribution in [-0.2, 0) is 4.79 Å². The molecule has 0 spiro atoms. The third kappa shape index (κ3) is 4.73. The highest BCUT2D eigenvalue weighted by Crippen LogP contribution is 2.30. The van der Waals surface area contributed by atoms with Gasteiger partial charge in [-0.3, -0.25) is 24.1 Å². The number of likely N-dealkylation sites (N-methyl/N-ethyl adjacent to an activating group) is 1. The van der Waals surface area contributed by atoms with Gasteiger partial charge in [0.15, 0.2) is 0 Å². The number of imide groups is 1. The third-order valence-electron chi connectivity index (χ3n) is 4.91. The highest BCUT2D eigenvalue weighted by molar-refractivity contribution is 6.39. The van der Waals surface area contributed by atoms with E-state index in [-0.39, 0.29) is 44.9 Å². The molecule has 2 aromatic rings. The standard InChI is InChI=1S/C22H21Cl2N3O4/c1-3-4-10-27-21(30)14-9-8-13(11-15(14)22(27)31)20(29)26(2)12-18(28)25-19-16(23)6-5-7-17(19)24/h5-9,11H,3-4,10,12H2,1-2H3,(H,25,28). The lowest BCUT2D eigenvalue weighted by Crippen LogP contribution is -2.35. The number of amides is 4. The fourth-order valence-electron chi connectivity index (χ4n) is 3.25. The molecule has 0 atom stereocenters. The number of rotatable bonds is 7. The summed E-state index contributed by atoms with van der Waals surface area (Å²) in [4.78, 5) is 52.6. The van der Waals surface area contributed by atoms with Crippen LogP contribution in [0.1, 0.15) is 50.8 Å². The van der Waals surface area contributed by atoms with E-state index in [9.17, 15) is 19.2 Å². The van der Waals surface area contributed by atoms with E-state index in [0.29, 0.717) is 13.0 Å². The highest BCUT2D eigenvalue weighted by Gasteiger charge is 2.35. The molecule has 0 unspecified atom stereocenters. The number of carbonyl (C=O) groups excluding carboxylic acids is 4. The molecular weight excluding hydrogens is 441 g/mol. The Morgan fingerprint density at radius 1 is 1.03 bits per heavy atom. The summed E-state index contributed by atoms with van der Waals surface area (Å²) in [6.45, 7) is 2.06. The van der Waals surface area contributed by atoms with Gasteiger partial charge < -0.3 is 10.2 Å². The molecule has 1 aliphatic rings. The predicted octanol–water partition coefficient (Wildman–Crippen LogP) is 4.10. The molecule has 31 heavy (non-hydrogen) atoms. The van der Waals surface area contributed by atoms with Crippen LogP contribution in [0.15, 0.2) is 36.4 Å². The Labute approximate surface area is 189 Å². The van der Waals surface area contributed by atoms with Gasteiger partial charge in [0.25, 0.3) is 17.7 Å². The lowest BCUT2D eigenvalue weighted by molar-refractivity contribution is -0.116. The number of hydrogen-bond acceptors (Lipinski definition) is 4. The zero-order valence-electron chi connectivity index (χ0n) is 17.1. The molecule has 3 rings (SSSR count). The number of para-hydroxylation sites is 1. The van der Waals surface area contributed by atoms with Crippen LogP contribution in [-0.4, -0.2) is 53.6 Å². The van der Waals surface area contributed by atoms with E-state index in [0.717, 1.165) is 6.42 Å². The molecule has 0 aromatic heterocycles. The molecule has 2 aromatic carbocycles. The van der Waals surface area contributed by atoms with Crippen molar-refractivity contribution >= 4 is 52.5 Å². The lowest BCUT2D eigenvalue weighted by Gasteiger charge is -2.18.